The van der Waals surface area contributed by atoms with E-state index < -0.39 is 0 Å². The number of aromatic nitrogens is 2. The predicted molar refractivity (Wildman–Crippen MR) is 56.9 cm³/mol. The van der Waals surface area contributed by atoms with Crippen molar-refractivity contribution in [3.05, 3.63) is 5.89 Å². The summed E-state index contributed by atoms with van der Waals surface area (Å²) in [5, 5.41) is 8.47. The maximum absolute atomic E-state index is 10.2. The number of carbonyl (C=O) groups is 1. The van der Waals surface area contributed by atoms with Crippen LogP contribution in [-0.2, 0) is 4.79 Å². The molecule has 4 nitrogen and oxygen atoms in total. The lowest BCUT2D eigenvalue weighted by Crippen LogP contribution is -2.04. The summed E-state index contributed by atoms with van der Waals surface area (Å²) in [4.78, 5) is 10.2. The molecule has 2 rings (SSSR count). The Morgan fingerprint density at radius 3 is 2.87 bits per heavy atom. The van der Waals surface area contributed by atoms with Crippen LogP contribution < -0.4 is 0 Å². The highest BCUT2D eigenvalue weighted by molar-refractivity contribution is 7.99. The molecule has 1 fully saturated rings. The maximum Gasteiger partial charge on any atom is 0.277 e. The van der Waals surface area contributed by atoms with E-state index in [9.17, 15) is 4.79 Å². The topological polar surface area (TPSA) is 56.0 Å². The summed E-state index contributed by atoms with van der Waals surface area (Å²) in [6.45, 7) is 0. The molecule has 0 radical (unpaired) electrons. The van der Waals surface area contributed by atoms with Gasteiger partial charge in [0, 0.05) is 5.92 Å². The molecule has 1 aromatic rings. The van der Waals surface area contributed by atoms with Gasteiger partial charge in [-0.3, -0.25) is 0 Å². The average Bonchev–Trinajstić information content (AvgIpc) is 2.76. The largest absolute Gasteiger partial charge is 0.416 e. The summed E-state index contributed by atoms with van der Waals surface area (Å²) in [5.41, 5.74) is 0. The molecule has 15 heavy (non-hydrogen) atoms. The monoisotopic (exact) mass is 226 g/mol. The Bertz CT molecular complexity index is 321. The third-order valence-electron chi connectivity index (χ3n) is 2.65. The smallest absolute Gasteiger partial charge is 0.277 e. The first-order valence-electron chi connectivity index (χ1n) is 5.30. The highest BCUT2D eigenvalue weighted by atomic mass is 32.2. The molecule has 0 amide bonds. The van der Waals surface area contributed by atoms with Crippen molar-refractivity contribution in [2.45, 2.75) is 43.2 Å². The molecule has 0 aliphatic heterocycles. The Morgan fingerprint density at radius 2 is 2.13 bits per heavy atom. The molecule has 0 unspecified atom stereocenters. The van der Waals surface area contributed by atoms with Crippen molar-refractivity contribution in [3.63, 3.8) is 0 Å². The molecule has 1 saturated carbocycles. The van der Waals surface area contributed by atoms with Gasteiger partial charge >= 0.3 is 0 Å². The van der Waals surface area contributed by atoms with Crippen molar-refractivity contribution < 1.29 is 9.21 Å². The Morgan fingerprint density at radius 1 is 1.33 bits per heavy atom. The number of rotatable bonds is 4. The normalized spacial score (nSPS) is 17.9. The number of thioether (sulfide) groups is 1. The Labute approximate surface area is 92.8 Å². The van der Waals surface area contributed by atoms with E-state index in [1.165, 1.54) is 31.0 Å². The minimum atomic E-state index is 0.381. The lowest BCUT2D eigenvalue weighted by Gasteiger charge is -2.17. The van der Waals surface area contributed by atoms with Crippen molar-refractivity contribution in [2.24, 2.45) is 0 Å². The molecular formula is C10H14N2O2S. The zero-order valence-corrected chi connectivity index (χ0v) is 9.33. The first-order chi connectivity index (χ1) is 7.40. The van der Waals surface area contributed by atoms with Crippen LogP contribution in [0.15, 0.2) is 9.64 Å². The van der Waals surface area contributed by atoms with Gasteiger partial charge in [0.15, 0.2) is 0 Å². The van der Waals surface area contributed by atoms with E-state index in [0.717, 1.165) is 25.0 Å². The molecule has 0 atom stereocenters. The second-order valence-corrected chi connectivity index (χ2v) is 4.69. The van der Waals surface area contributed by atoms with Crippen molar-refractivity contribution in [1.82, 2.24) is 10.2 Å². The number of aldehydes is 1. The number of carbonyl (C=O) groups excluding carboxylic acids is 1. The number of nitrogens with zero attached hydrogens (tertiary/aromatic N) is 2. The lowest BCUT2D eigenvalue weighted by atomic mass is 9.89. The fourth-order valence-corrected chi connectivity index (χ4v) is 2.35. The molecule has 1 aliphatic carbocycles. The molecule has 0 aromatic carbocycles. The van der Waals surface area contributed by atoms with Gasteiger partial charge in [0.1, 0.15) is 6.29 Å². The molecule has 0 N–H and O–H groups in total. The van der Waals surface area contributed by atoms with E-state index >= 15 is 0 Å². The van der Waals surface area contributed by atoms with Gasteiger partial charge in [0.05, 0.1) is 5.75 Å². The molecule has 0 bridgehead atoms. The van der Waals surface area contributed by atoms with Crippen molar-refractivity contribution in [2.75, 3.05) is 5.75 Å². The van der Waals surface area contributed by atoms with Crippen molar-refractivity contribution in [3.8, 4) is 0 Å². The van der Waals surface area contributed by atoms with Crippen LogP contribution in [0.4, 0.5) is 0 Å². The van der Waals surface area contributed by atoms with Crippen LogP contribution in [0.1, 0.15) is 43.9 Å². The summed E-state index contributed by atoms with van der Waals surface area (Å²) in [6, 6.07) is 0. The third-order valence-corrected chi connectivity index (χ3v) is 3.37. The van der Waals surface area contributed by atoms with E-state index in [-0.39, 0.29) is 0 Å². The van der Waals surface area contributed by atoms with Crippen LogP contribution in [0.5, 0.6) is 0 Å². The van der Waals surface area contributed by atoms with Crippen LogP contribution >= 0.6 is 11.8 Å². The Balaban J connectivity index is 1.95. The van der Waals surface area contributed by atoms with Gasteiger partial charge in [-0.25, -0.2) is 0 Å². The van der Waals surface area contributed by atoms with Crippen molar-refractivity contribution in [1.29, 1.82) is 0 Å². The zero-order chi connectivity index (χ0) is 10.5. The summed E-state index contributed by atoms with van der Waals surface area (Å²) in [7, 11) is 0. The fourth-order valence-electron chi connectivity index (χ4n) is 1.90. The summed E-state index contributed by atoms with van der Waals surface area (Å²) in [6.07, 6.45) is 6.97. The lowest BCUT2D eigenvalue weighted by molar-refractivity contribution is -0.105. The van der Waals surface area contributed by atoms with Crippen LogP contribution in [0.3, 0.4) is 0 Å². The molecule has 1 aliphatic rings. The van der Waals surface area contributed by atoms with E-state index in [4.69, 9.17) is 4.42 Å². The van der Waals surface area contributed by atoms with E-state index in [0.29, 0.717) is 16.9 Å². The first kappa shape index (κ1) is 10.7. The second kappa shape index (κ2) is 5.30. The predicted octanol–water partition coefficient (Wildman–Crippen LogP) is 2.41. The molecular weight excluding hydrogens is 212 g/mol. The van der Waals surface area contributed by atoms with Gasteiger partial charge in [-0.2, -0.15) is 0 Å². The maximum atomic E-state index is 10.2. The second-order valence-electron chi connectivity index (χ2n) is 3.72. The van der Waals surface area contributed by atoms with Crippen LogP contribution in [0.2, 0.25) is 0 Å². The van der Waals surface area contributed by atoms with Gasteiger partial charge in [0.2, 0.25) is 5.89 Å². The minimum absolute atomic E-state index is 0.381. The fraction of sp³-hybridized carbons (Fsp3) is 0.700. The van der Waals surface area contributed by atoms with Crippen molar-refractivity contribution >= 4 is 18.0 Å². The van der Waals surface area contributed by atoms with Crippen LogP contribution in [-0.4, -0.2) is 22.2 Å². The van der Waals surface area contributed by atoms with E-state index in [1.54, 1.807) is 0 Å². The molecule has 82 valence electrons. The van der Waals surface area contributed by atoms with Crippen LogP contribution in [0.25, 0.3) is 0 Å². The molecule has 5 heteroatoms. The molecule has 0 saturated heterocycles. The van der Waals surface area contributed by atoms with E-state index in [1.807, 2.05) is 0 Å². The van der Waals surface area contributed by atoms with Gasteiger partial charge in [-0.15, -0.1) is 10.2 Å². The molecule has 1 heterocycles. The summed E-state index contributed by atoms with van der Waals surface area (Å²) in [5.74, 6) is 1.58. The molecule has 1 aromatic heterocycles. The molecule has 0 spiro atoms. The minimum Gasteiger partial charge on any atom is -0.416 e. The van der Waals surface area contributed by atoms with Crippen LogP contribution in [0, 0.1) is 0 Å². The first-order valence-corrected chi connectivity index (χ1v) is 6.28. The Kier molecular flexibility index (Phi) is 3.77. The third kappa shape index (κ3) is 2.81. The highest BCUT2D eigenvalue weighted by Crippen LogP contribution is 2.32. The van der Waals surface area contributed by atoms with Gasteiger partial charge in [0.25, 0.3) is 5.22 Å². The SMILES string of the molecule is O=CCSc1nnc(C2CCCCC2)o1. The highest BCUT2D eigenvalue weighted by Gasteiger charge is 2.21. The number of hydrogen-bond acceptors (Lipinski definition) is 5. The number of hydrogen-bond donors (Lipinski definition) is 0. The van der Waals surface area contributed by atoms with Gasteiger partial charge in [-0.1, -0.05) is 31.0 Å². The Hall–Kier alpha value is -0.840. The van der Waals surface area contributed by atoms with Gasteiger partial charge < -0.3 is 9.21 Å². The standard InChI is InChI=1S/C10H14N2O2S/c13-6-7-15-10-12-11-9(14-10)8-4-2-1-3-5-8/h6,8H,1-5,7H2. The van der Waals surface area contributed by atoms with E-state index in [2.05, 4.69) is 10.2 Å². The average molecular weight is 226 g/mol. The summed E-state index contributed by atoms with van der Waals surface area (Å²) >= 11 is 1.30. The zero-order valence-electron chi connectivity index (χ0n) is 8.52. The van der Waals surface area contributed by atoms with Gasteiger partial charge in [-0.05, 0) is 12.8 Å². The summed E-state index contributed by atoms with van der Waals surface area (Å²) < 4.78 is 5.51. The quantitative estimate of drug-likeness (QED) is 0.583.